The zero-order chi connectivity index (χ0) is 13.1. The van der Waals surface area contributed by atoms with Crippen molar-refractivity contribution in [2.75, 3.05) is 6.54 Å². The van der Waals surface area contributed by atoms with E-state index in [0.717, 1.165) is 35.3 Å². The van der Waals surface area contributed by atoms with Crippen molar-refractivity contribution >= 4 is 5.65 Å². The summed E-state index contributed by atoms with van der Waals surface area (Å²) in [6.45, 7) is 0.687. The van der Waals surface area contributed by atoms with E-state index >= 15 is 0 Å². The molecule has 5 nitrogen and oxygen atoms in total. The van der Waals surface area contributed by atoms with Crippen LogP contribution in [0.4, 0.5) is 0 Å². The third kappa shape index (κ3) is 2.46. The Morgan fingerprint density at radius 1 is 1.11 bits per heavy atom. The number of pyridine rings is 1. The number of hydrogen-bond donors (Lipinski definition) is 1. The van der Waals surface area contributed by atoms with E-state index in [2.05, 4.69) is 21.1 Å². The third-order valence-electron chi connectivity index (χ3n) is 3.03. The van der Waals surface area contributed by atoms with Crippen molar-refractivity contribution < 1.29 is 0 Å². The van der Waals surface area contributed by atoms with Crippen molar-refractivity contribution in [1.82, 2.24) is 19.6 Å². The summed E-state index contributed by atoms with van der Waals surface area (Å²) in [6, 6.07) is 5.95. The maximum Gasteiger partial charge on any atom is 0.154 e. The molecule has 0 atom stereocenters. The first-order chi connectivity index (χ1) is 9.36. The number of nitrogens with zero attached hydrogens (tertiary/aromatic N) is 4. The van der Waals surface area contributed by atoms with Crippen LogP contribution in [-0.4, -0.2) is 26.1 Å². The highest BCUT2D eigenvalue weighted by atomic mass is 15.2. The van der Waals surface area contributed by atoms with Gasteiger partial charge in [0.1, 0.15) is 0 Å². The normalized spacial score (nSPS) is 11.0. The number of hydrogen-bond acceptors (Lipinski definition) is 4. The van der Waals surface area contributed by atoms with Crippen LogP contribution in [0.3, 0.4) is 0 Å². The SMILES string of the molecule is NCCCc1cc(-c2cnc3ccnn3c2)ccn1. The van der Waals surface area contributed by atoms with Gasteiger partial charge in [-0.3, -0.25) is 4.98 Å². The second-order valence-corrected chi connectivity index (χ2v) is 4.40. The average molecular weight is 253 g/mol. The van der Waals surface area contributed by atoms with E-state index in [1.807, 2.05) is 30.7 Å². The fourth-order valence-electron chi connectivity index (χ4n) is 2.04. The van der Waals surface area contributed by atoms with Crippen molar-refractivity contribution in [2.24, 2.45) is 5.73 Å². The Labute approximate surface area is 111 Å². The van der Waals surface area contributed by atoms with Crippen LogP contribution in [0.2, 0.25) is 0 Å². The molecule has 3 heterocycles. The van der Waals surface area contributed by atoms with Crippen molar-refractivity contribution in [3.63, 3.8) is 0 Å². The Morgan fingerprint density at radius 2 is 2.05 bits per heavy atom. The van der Waals surface area contributed by atoms with E-state index in [1.54, 1.807) is 10.7 Å². The summed E-state index contributed by atoms with van der Waals surface area (Å²) in [7, 11) is 0. The molecular formula is C14H15N5. The quantitative estimate of drug-likeness (QED) is 0.768. The number of aromatic nitrogens is 4. The minimum atomic E-state index is 0.687. The number of fused-ring (bicyclic) bond motifs is 1. The van der Waals surface area contributed by atoms with Crippen molar-refractivity contribution in [3.8, 4) is 11.1 Å². The summed E-state index contributed by atoms with van der Waals surface area (Å²) in [5.41, 5.74) is 9.57. The van der Waals surface area contributed by atoms with Crippen LogP contribution in [0.25, 0.3) is 16.8 Å². The standard InChI is InChI=1S/C14H15N5/c15-5-1-2-13-8-11(3-6-16-13)12-9-17-14-4-7-18-19(14)10-12/h3-4,6-10H,1-2,5,15H2. The molecule has 19 heavy (non-hydrogen) atoms. The summed E-state index contributed by atoms with van der Waals surface area (Å²) in [5.74, 6) is 0. The predicted octanol–water partition coefficient (Wildman–Crippen LogP) is 1.68. The topological polar surface area (TPSA) is 69.1 Å². The van der Waals surface area contributed by atoms with Crippen LogP contribution in [-0.2, 0) is 6.42 Å². The monoisotopic (exact) mass is 253 g/mol. The molecule has 3 aromatic heterocycles. The number of nitrogens with two attached hydrogens (primary N) is 1. The van der Waals surface area contributed by atoms with Gasteiger partial charge in [-0.05, 0) is 37.1 Å². The van der Waals surface area contributed by atoms with Gasteiger partial charge in [0.25, 0.3) is 0 Å². The number of rotatable bonds is 4. The van der Waals surface area contributed by atoms with Crippen LogP contribution >= 0.6 is 0 Å². The Kier molecular flexibility index (Phi) is 3.20. The molecule has 0 aromatic carbocycles. The van der Waals surface area contributed by atoms with Gasteiger partial charge in [-0.1, -0.05) is 0 Å². The summed E-state index contributed by atoms with van der Waals surface area (Å²) in [6.07, 6.45) is 9.26. The summed E-state index contributed by atoms with van der Waals surface area (Å²) >= 11 is 0. The molecule has 0 aliphatic rings. The van der Waals surface area contributed by atoms with Gasteiger partial charge in [0, 0.05) is 35.9 Å². The Hall–Kier alpha value is -2.27. The van der Waals surface area contributed by atoms with E-state index in [4.69, 9.17) is 5.73 Å². The van der Waals surface area contributed by atoms with E-state index in [0.29, 0.717) is 6.54 Å². The van der Waals surface area contributed by atoms with Gasteiger partial charge >= 0.3 is 0 Å². The lowest BCUT2D eigenvalue weighted by molar-refractivity contribution is 0.811. The fourth-order valence-corrected chi connectivity index (χ4v) is 2.04. The molecule has 3 rings (SSSR count). The fraction of sp³-hybridized carbons (Fsp3) is 0.214. The molecule has 0 fully saturated rings. The van der Waals surface area contributed by atoms with Crippen molar-refractivity contribution in [1.29, 1.82) is 0 Å². The van der Waals surface area contributed by atoms with Crippen LogP contribution in [0.1, 0.15) is 12.1 Å². The second-order valence-electron chi connectivity index (χ2n) is 4.40. The smallest absolute Gasteiger partial charge is 0.154 e. The highest BCUT2D eigenvalue weighted by molar-refractivity contribution is 5.62. The third-order valence-corrected chi connectivity index (χ3v) is 3.03. The zero-order valence-electron chi connectivity index (χ0n) is 10.5. The lowest BCUT2D eigenvalue weighted by atomic mass is 10.1. The summed E-state index contributed by atoms with van der Waals surface area (Å²) in [5, 5.41) is 4.20. The predicted molar refractivity (Wildman–Crippen MR) is 73.6 cm³/mol. The Balaban J connectivity index is 1.95. The maximum absolute atomic E-state index is 5.53. The van der Waals surface area contributed by atoms with E-state index in [1.165, 1.54) is 0 Å². The largest absolute Gasteiger partial charge is 0.330 e. The van der Waals surface area contributed by atoms with Gasteiger partial charge in [0.15, 0.2) is 5.65 Å². The molecule has 0 amide bonds. The molecule has 0 saturated heterocycles. The first-order valence-electron chi connectivity index (χ1n) is 6.31. The van der Waals surface area contributed by atoms with Crippen LogP contribution in [0.5, 0.6) is 0 Å². The molecule has 0 saturated carbocycles. The molecule has 0 bridgehead atoms. The molecule has 0 spiro atoms. The molecule has 2 N–H and O–H groups in total. The minimum absolute atomic E-state index is 0.687. The van der Waals surface area contributed by atoms with Gasteiger partial charge in [0.2, 0.25) is 0 Å². The lowest BCUT2D eigenvalue weighted by Crippen LogP contribution is -2.01. The summed E-state index contributed by atoms with van der Waals surface area (Å²) in [4.78, 5) is 8.73. The number of aryl methyl sites for hydroxylation is 1. The molecule has 0 aliphatic carbocycles. The molecule has 3 aromatic rings. The van der Waals surface area contributed by atoms with Gasteiger partial charge in [0.05, 0.1) is 6.20 Å². The minimum Gasteiger partial charge on any atom is -0.330 e. The first kappa shape index (κ1) is 11.8. The lowest BCUT2D eigenvalue weighted by Gasteiger charge is -2.04. The molecule has 5 heteroatoms. The van der Waals surface area contributed by atoms with Gasteiger partial charge in [-0.15, -0.1) is 0 Å². The van der Waals surface area contributed by atoms with Gasteiger partial charge < -0.3 is 5.73 Å². The molecular weight excluding hydrogens is 238 g/mol. The van der Waals surface area contributed by atoms with Crippen LogP contribution in [0, 0.1) is 0 Å². The van der Waals surface area contributed by atoms with Crippen LogP contribution < -0.4 is 5.73 Å². The Bertz CT molecular complexity index is 689. The second kappa shape index (κ2) is 5.16. The van der Waals surface area contributed by atoms with Crippen molar-refractivity contribution in [2.45, 2.75) is 12.8 Å². The Morgan fingerprint density at radius 3 is 2.95 bits per heavy atom. The van der Waals surface area contributed by atoms with Crippen molar-refractivity contribution in [3.05, 3.63) is 48.7 Å². The molecule has 0 unspecified atom stereocenters. The molecule has 0 radical (unpaired) electrons. The molecule has 96 valence electrons. The zero-order valence-corrected chi connectivity index (χ0v) is 10.5. The highest BCUT2D eigenvalue weighted by Gasteiger charge is 2.03. The summed E-state index contributed by atoms with van der Waals surface area (Å²) < 4.78 is 1.77. The van der Waals surface area contributed by atoms with Gasteiger partial charge in [-0.2, -0.15) is 5.10 Å². The van der Waals surface area contributed by atoms with Gasteiger partial charge in [-0.25, -0.2) is 9.50 Å². The molecule has 0 aliphatic heterocycles. The van der Waals surface area contributed by atoms with E-state index < -0.39 is 0 Å². The first-order valence-corrected chi connectivity index (χ1v) is 6.31. The van der Waals surface area contributed by atoms with E-state index in [-0.39, 0.29) is 0 Å². The highest BCUT2D eigenvalue weighted by Crippen LogP contribution is 2.19. The maximum atomic E-state index is 5.53. The average Bonchev–Trinajstić information content (AvgIpc) is 2.92. The van der Waals surface area contributed by atoms with Crippen LogP contribution in [0.15, 0.2) is 43.0 Å². The van der Waals surface area contributed by atoms with E-state index in [9.17, 15) is 0 Å².